The molecule has 54 valence electrons. The van der Waals surface area contributed by atoms with Crippen molar-refractivity contribution in [3.05, 3.63) is 12.2 Å². The van der Waals surface area contributed by atoms with Crippen molar-refractivity contribution in [2.24, 2.45) is 4.99 Å². The standard InChI is InChI=1S/C8H12N2/c1-3-5-8(7-9)10-6-4-2/h3,5H,4,6H2,1-2H3/b5-3-,10-8+. The zero-order chi connectivity index (χ0) is 7.82. The van der Waals surface area contributed by atoms with E-state index in [0.29, 0.717) is 5.71 Å². The van der Waals surface area contributed by atoms with E-state index < -0.39 is 0 Å². The minimum atomic E-state index is 0.518. The molecule has 0 aliphatic rings. The van der Waals surface area contributed by atoms with Gasteiger partial charge in [-0.15, -0.1) is 0 Å². The molecule has 0 saturated heterocycles. The largest absolute Gasteiger partial charge is 0.274 e. The third-order valence-electron chi connectivity index (χ3n) is 0.945. The summed E-state index contributed by atoms with van der Waals surface area (Å²) in [6, 6.07) is 2.00. The number of nitrogens with zero attached hydrogens (tertiary/aromatic N) is 2. The first kappa shape index (κ1) is 8.90. The van der Waals surface area contributed by atoms with Crippen LogP contribution in [0.25, 0.3) is 0 Å². The Kier molecular flexibility index (Phi) is 5.36. The Morgan fingerprint density at radius 3 is 2.80 bits per heavy atom. The van der Waals surface area contributed by atoms with Gasteiger partial charge in [-0.2, -0.15) is 5.26 Å². The maximum atomic E-state index is 8.45. The molecule has 0 aromatic carbocycles. The van der Waals surface area contributed by atoms with E-state index in [-0.39, 0.29) is 0 Å². The first-order chi connectivity index (χ1) is 4.85. The lowest BCUT2D eigenvalue weighted by Crippen LogP contribution is -1.89. The number of hydrogen-bond acceptors (Lipinski definition) is 2. The number of hydrogen-bond donors (Lipinski definition) is 0. The minimum Gasteiger partial charge on any atom is -0.274 e. The van der Waals surface area contributed by atoms with Crippen LogP contribution >= 0.6 is 0 Å². The summed E-state index contributed by atoms with van der Waals surface area (Å²) in [5.74, 6) is 0. The lowest BCUT2D eigenvalue weighted by atomic mass is 10.3. The fourth-order valence-electron chi connectivity index (χ4n) is 0.515. The van der Waals surface area contributed by atoms with Gasteiger partial charge in [0.05, 0.1) is 0 Å². The molecular formula is C8H12N2. The molecule has 0 heterocycles. The van der Waals surface area contributed by atoms with Gasteiger partial charge in [-0.05, 0) is 19.4 Å². The predicted molar refractivity (Wildman–Crippen MR) is 43.0 cm³/mol. The predicted octanol–water partition coefficient (Wildman–Crippen LogP) is 1.94. The van der Waals surface area contributed by atoms with Crippen LogP contribution in [0.15, 0.2) is 17.1 Å². The van der Waals surface area contributed by atoms with Crippen LogP contribution in [-0.2, 0) is 0 Å². The molecule has 10 heavy (non-hydrogen) atoms. The Labute approximate surface area is 61.9 Å². The summed E-state index contributed by atoms with van der Waals surface area (Å²) in [7, 11) is 0. The van der Waals surface area contributed by atoms with E-state index in [9.17, 15) is 0 Å². The molecule has 0 unspecified atom stereocenters. The second-order valence-corrected chi connectivity index (χ2v) is 1.88. The molecule has 0 saturated carbocycles. The molecule has 2 nitrogen and oxygen atoms in total. The highest BCUT2D eigenvalue weighted by Gasteiger charge is 1.85. The summed E-state index contributed by atoms with van der Waals surface area (Å²) in [4.78, 5) is 4.02. The van der Waals surface area contributed by atoms with E-state index in [1.807, 2.05) is 26.0 Å². The van der Waals surface area contributed by atoms with Crippen LogP contribution in [0, 0.1) is 11.3 Å². The Bertz CT molecular complexity index is 172. The van der Waals surface area contributed by atoms with Gasteiger partial charge < -0.3 is 0 Å². The lowest BCUT2D eigenvalue weighted by Gasteiger charge is -1.86. The lowest BCUT2D eigenvalue weighted by molar-refractivity contribution is 0.934. The zero-order valence-corrected chi connectivity index (χ0v) is 6.46. The van der Waals surface area contributed by atoms with Crippen LogP contribution in [0.2, 0.25) is 0 Å². The number of nitriles is 1. The van der Waals surface area contributed by atoms with Crippen molar-refractivity contribution in [3.8, 4) is 6.07 Å². The molecular weight excluding hydrogens is 124 g/mol. The van der Waals surface area contributed by atoms with Crippen LogP contribution in [0.3, 0.4) is 0 Å². The highest BCUT2D eigenvalue weighted by molar-refractivity contribution is 6.07. The van der Waals surface area contributed by atoms with E-state index in [1.54, 1.807) is 6.08 Å². The van der Waals surface area contributed by atoms with Crippen molar-refractivity contribution in [1.29, 1.82) is 5.26 Å². The molecule has 0 aromatic heterocycles. The number of aliphatic imine (C=N–C) groups is 1. The zero-order valence-electron chi connectivity index (χ0n) is 6.46. The second kappa shape index (κ2) is 6.03. The Morgan fingerprint density at radius 1 is 1.70 bits per heavy atom. The quantitative estimate of drug-likeness (QED) is 0.546. The molecule has 0 atom stereocenters. The number of rotatable bonds is 3. The highest BCUT2D eigenvalue weighted by atomic mass is 14.7. The first-order valence-electron chi connectivity index (χ1n) is 3.42. The molecule has 0 aliphatic heterocycles. The molecule has 0 fully saturated rings. The molecule has 0 aromatic rings. The van der Waals surface area contributed by atoms with Crippen LogP contribution in [0.4, 0.5) is 0 Å². The van der Waals surface area contributed by atoms with Crippen molar-refractivity contribution in [3.63, 3.8) is 0 Å². The SMILES string of the molecule is C/C=C\C(C#N)=N/CCC. The van der Waals surface area contributed by atoms with Crippen LogP contribution in [-0.4, -0.2) is 12.3 Å². The summed E-state index contributed by atoms with van der Waals surface area (Å²) in [6.07, 6.45) is 4.52. The van der Waals surface area contributed by atoms with Crippen molar-refractivity contribution in [1.82, 2.24) is 0 Å². The van der Waals surface area contributed by atoms with Crippen molar-refractivity contribution >= 4 is 5.71 Å². The van der Waals surface area contributed by atoms with Crippen LogP contribution in [0.1, 0.15) is 20.3 Å². The molecule has 0 aliphatic carbocycles. The molecule has 0 N–H and O–H groups in total. The fourth-order valence-corrected chi connectivity index (χ4v) is 0.515. The molecule has 0 rings (SSSR count). The summed E-state index contributed by atoms with van der Waals surface area (Å²) >= 11 is 0. The normalized spacial score (nSPS) is 11.9. The molecule has 0 radical (unpaired) electrons. The minimum absolute atomic E-state index is 0.518. The Balaban J connectivity index is 3.95. The third-order valence-corrected chi connectivity index (χ3v) is 0.945. The van der Waals surface area contributed by atoms with Gasteiger partial charge in [-0.25, -0.2) is 0 Å². The second-order valence-electron chi connectivity index (χ2n) is 1.88. The summed E-state index contributed by atoms with van der Waals surface area (Å²) < 4.78 is 0. The summed E-state index contributed by atoms with van der Waals surface area (Å²) in [6.45, 7) is 4.65. The highest BCUT2D eigenvalue weighted by Crippen LogP contribution is 1.83. The van der Waals surface area contributed by atoms with E-state index in [2.05, 4.69) is 4.99 Å². The molecule has 0 amide bonds. The van der Waals surface area contributed by atoms with Gasteiger partial charge in [-0.3, -0.25) is 4.99 Å². The maximum absolute atomic E-state index is 8.45. The van der Waals surface area contributed by atoms with E-state index in [0.717, 1.165) is 13.0 Å². The molecule has 2 heteroatoms. The fraction of sp³-hybridized carbons (Fsp3) is 0.500. The van der Waals surface area contributed by atoms with E-state index in [1.165, 1.54) is 0 Å². The van der Waals surface area contributed by atoms with E-state index >= 15 is 0 Å². The van der Waals surface area contributed by atoms with Gasteiger partial charge in [0, 0.05) is 6.54 Å². The number of allylic oxidation sites excluding steroid dienone is 2. The Morgan fingerprint density at radius 2 is 2.40 bits per heavy atom. The molecule has 0 bridgehead atoms. The van der Waals surface area contributed by atoms with Crippen molar-refractivity contribution < 1.29 is 0 Å². The van der Waals surface area contributed by atoms with Gasteiger partial charge in [0.15, 0.2) is 0 Å². The monoisotopic (exact) mass is 136 g/mol. The Hall–Kier alpha value is -1.10. The van der Waals surface area contributed by atoms with Gasteiger partial charge in [0.1, 0.15) is 11.8 Å². The van der Waals surface area contributed by atoms with E-state index in [4.69, 9.17) is 5.26 Å². The average molecular weight is 136 g/mol. The van der Waals surface area contributed by atoms with Crippen molar-refractivity contribution in [2.45, 2.75) is 20.3 Å². The average Bonchev–Trinajstić information content (AvgIpc) is 1.98. The van der Waals surface area contributed by atoms with Crippen molar-refractivity contribution in [2.75, 3.05) is 6.54 Å². The first-order valence-corrected chi connectivity index (χ1v) is 3.42. The smallest absolute Gasteiger partial charge is 0.134 e. The summed E-state index contributed by atoms with van der Waals surface area (Å²) in [5, 5.41) is 8.45. The van der Waals surface area contributed by atoms with Gasteiger partial charge in [0.2, 0.25) is 0 Å². The van der Waals surface area contributed by atoms with Gasteiger partial charge in [0.25, 0.3) is 0 Å². The van der Waals surface area contributed by atoms with Gasteiger partial charge in [-0.1, -0.05) is 13.0 Å². The van der Waals surface area contributed by atoms with Crippen LogP contribution < -0.4 is 0 Å². The summed E-state index contributed by atoms with van der Waals surface area (Å²) in [5.41, 5.74) is 0.518. The van der Waals surface area contributed by atoms with Gasteiger partial charge >= 0.3 is 0 Å². The van der Waals surface area contributed by atoms with Crippen LogP contribution in [0.5, 0.6) is 0 Å². The topological polar surface area (TPSA) is 36.1 Å². The molecule has 0 spiro atoms. The maximum Gasteiger partial charge on any atom is 0.134 e. The third kappa shape index (κ3) is 3.85.